The van der Waals surface area contributed by atoms with Crippen LogP contribution in [0.25, 0.3) is 22.4 Å². The number of hydrogen-bond acceptors (Lipinski definition) is 3. The van der Waals surface area contributed by atoms with Crippen LogP contribution >= 0.6 is 0 Å². The van der Waals surface area contributed by atoms with Crippen LogP contribution in [0.4, 0.5) is 5.69 Å². The fourth-order valence-electron chi connectivity index (χ4n) is 2.81. The number of nitrogens with one attached hydrogen (secondary N) is 1. The van der Waals surface area contributed by atoms with Crippen LogP contribution in [0.5, 0.6) is 0 Å². The molecule has 0 bridgehead atoms. The molecule has 1 saturated heterocycles. The van der Waals surface area contributed by atoms with Gasteiger partial charge >= 0.3 is 0 Å². The van der Waals surface area contributed by atoms with Gasteiger partial charge in [0.05, 0.1) is 11.9 Å². The molecule has 0 atom stereocenters. The van der Waals surface area contributed by atoms with Gasteiger partial charge in [-0.05, 0) is 31.0 Å². The molecular formula is C16H16N4. The normalized spacial score (nSPS) is 15.1. The molecule has 1 aliphatic heterocycles. The van der Waals surface area contributed by atoms with E-state index >= 15 is 0 Å². The highest BCUT2D eigenvalue weighted by Crippen LogP contribution is 2.26. The number of fused-ring (bicyclic) bond motifs is 1. The van der Waals surface area contributed by atoms with Crippen LogP contribution in [-0.4, -0.2) is 28.0 Å². The molecule has 2 aromatic heterocycles. The third kappa shape index (κ3) is 1.93. The molecule has 3 heterocycles. The monoisotopic (exact) mass is 264 g/mol. The smallest absolute Gasteiger partial charge is 0.156 e. The average Bonchev–Trinajstić information content (AvgIpc) is 3.18. The molecule has 0 amide bonds. The van der Waals surface area contributed by atoms with E-state index in [0.717, 1.165) is 35.5 Å². The Labute approximate surface area is 117 Å². The van der Waals surface area contributed by atoms with Gasteiger partial charge in [0.1, 0.15) is 5.52 Å². The maximum atomic E-state index is 4.66. The Morgan fingerprint density at radius 1 is 1.10 bits per heavy atom. The zero-order valence-electron chi connectivity index (χ0n) is 11.2. The summed E-state index contributed by atoms with van der Waals surface area (Å²) in [6, 6.07) is 10.6. The third-order valence-corrected chi connectivity index (χ3v) is 3.87. The highest BCUT2D eigenvalue weighted by Gasteiger charge is 2.13. The van der Waals surface area contributed by atoms with E-state index in [4.69, 9.17) is 0 Å². The van der Waals surface area contributed by atoms with Crippen LogP contribution in [0.2, 0.25) is 0 Å². The molecule has 1 aromatic carbocycles. The van der Waals surface area contributed by atoms with Crippen molar-refractivity contribution in [3.63, 3.8) is 0 Å². The summed E-state index contributed by atoms with van der Waals surface area (Å²) in [7, 11) is 0. The number of aromatic nitrogens is 3. The van der Waals surface area contributed by atoms with E-state index in [2.05, 4.69) is 44.1 Å². The van der Waals surface area contributed by atoms with Crippen molar-refractivity contribution in [2.45, 2.75) is 12.8 Å². The molecule has 1 aliphatic rings. The number of H-pyrrole nitrogens is 1. The van der Waals surface area contributed by atoms with Gasteiger partial charge in [-0.1, -0.05) is 12.1 Å². The second-order valence-electron chi connectivity index (χ2n) is 5.21. The van der Waals surface area contributed by atoms with Crippen LogP contribution in [0.15, 0.2) is 42.7 Å². The zero-order chi connectivity index (χ0) is 13.4. The van der Waals surface area contributed by atoms with Gasteiger partial charge in [-0.3, -0.25) is 0 Å². The van der Waals surface area contributed by atoms with E-state index in [1.165, 1.54) is 18.5 Å². The quantitative estimate of drug-likeness (QED) is 0.773. The Balaban J connectivity index is 1.75. The van der Waals surface area contributed by atoms with Crippen LogP contribution in [0, 0.1) is 0 Å². The summed E-state index contributed by atoms with van der Waals surface area (Å²) >= 11 is 0. The lowest BCUT2D eigenvalue weighted by Crippen LogP contribution is -2.17. The number of nitrogens with zero attached hydrogens (tertiary/aromatic N) is 3. The Bertz CT molecular complexity index is 741. The van der Waals surface area contributed by atoms with Crippen molar-refractivity contribution in [3.05, 3.63) is 42.7 Å². The predicted octanol–water partition coefficient (Wildman–Crippen LogP) is 3.23. The first kappa shape index (κ1) is 11.5. The summed E-state index contributed by atoms with van der Waals surface area (Å²) in [4.78, 5) is 14.6. The first-order valence-corrected chi connectivity index (χ1v) is 7.06. The fourth-order valence-corrected chi connectivity index (χ4v) is 2.81. The van der Waals surface area contributed by atoms with Gasteiger partial charge in [-0.25, -0.2) is 9.97 Å². The molecule has 0 unspecified atom stereocenters. The second-order valence-corrected chi connectivity index (χ2v) is 5.21. The molecule has 4 rings (SSSR count). The van der Waals surface area contributed by atoms with Crippen molar-refractivity contribution in [2.24, 2.45) is 0 Å². The van der Waals surface area contributed by atoms with E-state index in [0.29, 0.717) is 0 Å². The number of aromatic amines is 1. The van der Waals surface area contributed by atoms with Gasteiger partial charge in [0.15, 0.2) is 5.65 Å². The summed E-state index contributed by atoms with van der Waals surface area (Å²) < 4.78 is 0. The molecule has 100 valence electrons. The summed E-state index contributed by atoms with van der Waals surface area (Å²) in [6.07, 6.45) is 6.29. The number of anilines is 1. The first-order chi connectivity index (χ1) is 9.90. The molecule has 0 saturated carbocycles. The minimum absolute atomic E-state index is 0.837. The van der Waals surface area contributed by atoms with Gasteiger partial charge in [0.2, 0.25) is 0 Å². The summed E-state index contributed by atoms with van der Waals surface area (Å²) in [5.74, 6) is 0. The van der Waals surface area contributed by atoms with Crippen molar-refractivity contribution in [2.75, 3.05) is 18.0 Å². The number of rotatable bonds is 2. The molecule has 20 heavy (non-hydrogen) atoms. The summed E-state index contributed by atoms with van der Waals surface area (Å²) in [5, 5.41) is 0. The Morgan fingerprint density at radius 2 is 2.00 bits per heavy atom. The van der Waals surface area contributed by atoms with Gasteiger partial charge < -0.3 is 9.88 Å². The lowest BCUT2D eigenvalue weighted by molar-refractivity contribution is 0.949. The van der Waals surface area contributed by atoms with Gasteiger partial charge in [-0.2, -0.15) is 0 Å². The molecular weight excluding hydrogens is 248 g/mol. The molecule has 4 nitrogen and oxygen atoms in total. The van der Waals surface area contributed by atoms with E-state index in [9.17, 15) is 0 Å². The molecule has 1 N–H and O–H groups in total. The van der Waals surface area contributed by atoms with Gasteiger partial charge in [0.25, 0.3) is 0 Å². The second kappa shape index (κ2) is 4.63. The molecule has 0 radical (unpaired) electrons. The Kier molecular flexibility index (Phi) is 2.66. The fraction of sp³-hybridized carbons (Fsp3) is 0.250. The SMILES string of the molecule is c1cc(-c2cnc3[nH]ccc3n2)cc(N2CCCC2)c1. The standard InChI is InChI=1S/C16H16N4/c1-2-9-20(8-1)13-5-3-4-12(10-13)15-11-18-16-14(19-15)6-7-17-16/h3-7,10-11H,1-2,8-9H2,(H,17,18). The summed E-state index contributed by atoms with van der Waals surface area (Å²) in [6.45, 7) is 2.32. The number of benzene rings is 1. The Morgan fingerprint density at radius 3 is 2.90 bits per heavy atom. The van der Waals surface area contributed by atoms with Crippen molar-refractivity contribution in [1.29, 1.82) is 0 Å². The maximum absolute atomic E-state index is 4.66. The predicted molar refractivity (Wildman–Crippen MR) is 80.8 cm³/mol. The van der Waals surface area contributed by atoms with Crippen LogP contribution in [0.1, 0.15) is 12.8 Å². The minimum Gasteiger partial charge on any atom is -0.372 e. The van der Waals surface area contributed by atoms with Crippen molar-refractivity contribution < 1.29 is 0 Å². The van der Waals surface area contributed by atoms with Crippen molar-refractivity contribution >= 4 is 16.9 Å². The first-order valence-electron chi connectivity index (χ1n) is 7.06. The van der Waals surface area contributed by atoms with Crippen molar-refractivity contribution in [1.82, 2.24) is 15.0 Å². The van der Waals surface area contributed by atoms with Crippen LogP contribution in [0.3, 0.4) is 0 Å². The van der Waals surface area contributed by atoms with Gasteiger partial charge in [-0.15, -0.1) is 0 Å². The molecule has 0 aliphatic carbocycles. The number of hydrogen-bond donors (Lipinski definition) is 1. The minimum atomic E-state index is 0.837. The van der Waals surface area contributed by atoms with E-state index < -0.39 is 0 Å². The molecule has 4 heteroatoms. The largest absolute Gasteiger partial charge is 0.372 e. The summed E-state index contributed by atoms with van der Waals surface area (Å²) in [5.41, 5.74) is 5.10. The average molecular weight is 264 g/mol. The Hall–Kier alpha value is -2.36. The van der Waals surface area contributed by atoms with E-state index in [1.54, 1.807) is 0 Å². The van der Waals surface area contributed by atoms with E-state index in [1.807, 2.05) is 18.5 Å². The lowest BCUT2D eigenvalue weighted by Gasteiger charge is -2.18. The topological polar surface area (TPSA) is 44.8 Å². The van der Waals surface area contributed by atoms with Crippen LogP contribution < -0.4 is 4.90 Å². The highest BCUT2D eigenvalue weighted by atomic mass is 15.1. The zero-order valence-corrected chi connectivity index (χ0v) is 11.2. The van der Waals surface area contributed by atoms with Gasteiger partial charge in [0, 0.05) is 30.5 Å². The van der Waals surface area contributed by atoms with Crippen molar-refractivity contribution in [3.8, 4) is 11.3 Å². The molecule has 3 aromatic rings. The molecule has 0 spiro atoms. The molecule has 1 fully saturated rings. The van der Waals surface area contributed by atoms with Crippen LogP contribution in [-0.2, 0) is 0 Å². The third-order valence-electron chi connectivity index (χ3n) is 3.87. The lowest BCUT2D eigenvalue weighted by atomic mass is 10.1. The highest BCUT2D eigenvalue weighted by molar-refractivity contribution is 5.75. The maximum Gasteiger partial charge on any atom is 0.156 e. The van der Waals surface area contributed by atoms with E-state index in [-0.39, 0.29) is 0 Å².